The lowest BCUT2D eigenvalue weighted by Crippen LogP contribution is -2.16. The van der Waals surface area contributed by atoms with Gasteiger partial charge in [0.1, 0.15) is 0 Å². The fraction of sp³-hybridized carbons (Fsp3) is 0.192. The first kappa shape index (κ1) is 24.3. The van der Waals surface area contributed by atoms with Gasteiger partial charge in [0, 0.05) is 16.8 Å². The molecule has 3 rings (SSSR count). The van der Waals surface area contributed by atoms with Gasteiger partial charge in [0.05, 0.1) is 27.8 Å². The molecule has 1 N–H and O–H groups in total. The molecule has 0 spiro atoms. The Balaban J connectivity index is 1.55. The summed E-state index contributed by atoms with van der Waals surface area (Å²) in [4.78, 5) is 36.9. The number of benzene rings is 3. The van der Waals surface area contributed by atoms with E-state index < -0.39 is 12.6 Å². The molecule has 1 amide bonds. The van der Waals surface area contributed by atoms with Crippen LogP contribution in [-0.2, 0) is 16.0 Å². The summed E-state index contributed by atoms with van der Waals surface area (Å²) in [5.41, 5.74) is 2.02. The van der Waals surface area contributed by atoms with Gasteiger partial charge in [-0.3, -0.25) is 14.4 Å². The molecular formula is C26H25NO7. The van der Waals surface area contributed by atoms with Gasteiger partial charge < -0.3 is 24.3 Å². The average molecular weight is 463 g/mol. The van der Waals surface area contributed by atoms with Gasteiger partial charge in [-0.2, -0.15) is 0 Å². The van der Waals surface area contributed by atoms with Crippen molar-refractivity contribution in [1.82, 2.24) is 0 Å². The number of amides is 1. The van der Waals surface area contributed by atoms with E-state index in [-0.39, 0.29) is 18.1 Å². The van der Waals surface area contributed by atoms with E-state index in [9.17, 15) is 14.4 Å². The zero-order valence-corrected chi connectivity index (χ0v) is 19.1. The minimum absolute atomic E-state index is 0.0750. The maximum atomic E-state index is 12.4. The summed E-state index contributed by atoms with van der Waals surface area (Å²) < 4.78 is 21.0. The number of nitrogens with one attached hydrogen (secondary N) is 1. The summed E-state index contributed by atoms with van der Waals surface area (Å²) in [6.07, 6.45) is -0.0750. The van der Waals surface area contributed by atoms with Crippen molar-refractivity contribution in [3.63, 3.8) is 0 Å². The van der Waals surface area contributed by atoms with Crippen molar-refractivity contribution in [2.75, 3.05) is 33.3 Å². The Morgan fingerprint density at radius 1 is 0.765 bits per heavy atom. The van der Waals surface area contributed by atoms with Crippen LogP contribution in [0.5, 0.6) is 17.2 Å². The minimum Gasteiger partial charge on any atom is -0.493 e. The lowest BCUT2D eigenvalue weighted by molar-refractivity contribution is -0.141. The molecule has 8 heteroatoms. The van der Waals surface area contributed by atoms with Gasteiger partial charge in [0.2, 0.25) is 5.75 Å². The van der Waals surface area contributed by atoms with Crippen molar-refractivity contribution in [3.8, 4) is 17.2 Å². The van der Waals surface area contributed by atoms with E-state index >= 15 is 0 Å². The van der Waals surface area contributed by atoms with E-state index in [1.54, 1.807) is 60.7 Å². The van der Waals surface area contributed by atoms with E-state index in [2.05, 4.69) is 5.32 Å². The Hall–Kier alpha value is -4.33. The van der Waals surface area contributed by atoms with Crippen LogP contribution in [0.2, 0.25) is 0 Å². The molecule has 3 aromatic carbocycles. The number of hydrogen-bond donors (Lipinski definition) is 1. The lowest BCUT2D eigenvalue weighted by Gasteiger charge is -2.14. The van der Waals surface area contributed by atoms with E-state index in [0.29, 0.717) is 39.6 Å². The number of hydrogen-bond acceptors (Lipinski definition) is 7. The summed E-state index contributed by atoms with van der Waals surface area (Å²) in [6, 6.07) is 18.5. The SMILES string of the molecule is COc1cc(CC(=O)OCC(=O)c2ccc(NC(=O)c3ccccc3)cc2)cc(OC)c1OC. The highest BCUT2D eigenvalue weighted by atomic mass is 16.5. The van der Waals surface area contributed by atoms with Crippen LogP contribution in [0.25, 0.3) is 0 Å². The van der Waals surface area contributed by atoms with E-state index in [0.717, 1.165) is 0 Å². The largest absolute Gasteiger partial charge is 0.493 e. The first-order valence-electron chi connectivity index (χ1n) is 10.4. The Morgan fingerprint density at radius 2 is 1.38 bits per heavy atom. The summed E-state index contributed by atoms with van der Waals surface area (Å²) in [5, 5.41) is 2.76. The molecule has 0 heterocycles. The van der Waals surface area contributed by atoms with Crippen molar-refractivity contribution in [2.45, 2.75) is 6.42 Å². The molecule has 0 aliphatic rings. The third kappa shape index (κ3) is 6.13. The highest BCUT2D eigenvalue weighted by Crippen LogP contribution is 2.38. The summed E-state index contributed by atoms with van der Waals surface area (Å²) in [6.45, 7) is -0.404. The molecule has 0 atom stereocenters. The van der Waals surface area contributed by atoms with Crippen molar-refractivity contribution in [3.05, 3.63) is 83.4 Å². The Kier molecular flexibility index (Phi) is 8.23. The van der Waals surface area contributed by atoms with Crippen molar-refractivity contribution in [2.24, 2.45) is 0 Å². The predicted octanol–water partition coefficient (Wildman–Crippen LogP) is 3.93. The fourth-order valence-electron chi connectivity index (χ4n) is 3.22. The van der Waals surface area contributed by atoms with Crippen LogP contribution < -0.4 is 19.5 Å². The van der Waals surface area contributed by atoms with E-state index in [4.69, 9.17) is 18.9 Å². The Morgan fingerprint density at radius 3 is 1.94 bits per heavy atom. The van der Waals surface area contributed by atoms with Crippen molar-refractivity contribution >= 4 is 23.3 Å². The maximum Gasteiger partial charge on any atom is 0.310 e. The van der Waals surface area contributed by atoms with Crippen molar-refractivity contribution in [1.29, 1.82) is 0 Å². The highest BCUT2D eigenvalue weighted by molar-refractivity contribution is 6.04. The van der Waals surface area contributed by atoms with Crippen LogP contribution in [-0.4, -0.2) is 45.6 Å². The zero-order chi connectivity index (χ0) is 24.5. The Labute approximate surface area is 197 Å². The number of rotatable bonds is 10. The lowest BCUT2D eigenvalue weighted by atomic mass is 10.1. The number of Topliss-reactive ketones (excluding diaryl/α,β-unsaturated/α-hetero) is 1. The fourth-order valence-corrected chi connectivity index (χ4v) is 3.22. The second-order valence-corrected chi connectivity index (χ2v) is 7.19. The van der Waals surface area contributed by atoms with Crippen LogP contribution in [0.4, 0.5) is 5.69 Å². The van der Waals surface area contributed by atoms with Crippen LogP contribution >= 0.6 is 0 Å². The van der Waals surface area contributed by atoms with Crippen LogP contribution in [0, 0.1) is 0 Å². The van der Waals surface area contributed by atoms with Gasteiger partial charge in [-0.25, -0.2) is 0 Å². The molecule has 34 heavy (non-hydrogen) atoms. The molecule has 0 bridgehead atoms. The van der Waals surface area contributed by atoms with E-state index in [1.807, 2.05) is 6.07 Å². The third-order valence-corrected chi connectivity index (χ3v) is 4.94. The van der Waals surface area contributed by atoms with E-state index in [1.165, 1.54) is 21.3 Å². The summed E-state index contributed by atoms with van der Waals surface area (Å²) in [5.74, 6) is 0.0648. The maximum absolute atomic E-state index is 12.4. The molecule has 0 aliphatic carbocycles. The average Bonchev–Trinajstić information content (AvgIpc) is 2.87. The van der Waals surface area contributed by atoms with Crippen molar-refractivity contribution < 1.29 is 33.3 Å². The van der Waals surface area contributed by atoms with Gasteiger partial charge in [-0.15, -0.1) is 0 Å². The first-order valence-corrected chi connectivity index (χ1v) is 10.4. The predicted molar refractivity (Wildman–Crippen MR) is 126 cm³/mol. The number of carbonyl (C=O) groups excluding carboxylic acids is 3. The topological polar surface area (TPSA) is 100 Å². The summed E-state index contributed by atoms with van der Waals surface area (Å²) in [7, 11) is 4.45. The molecular weight excluding hydrogens is 438 g/mol. The molecule has 0 fully saturated rings. The number of methoxy groups -OCH3 is 3. The number of ether oxygens (including phenoxy) is 4. The third-order valence-electron chi connectivity index (χ3n) is 4.94. The number of esters is 1. The smallest absolute Gasteiger partial charge is 0.310 e. The van der Waals surface area contributed by atoms with Gasteiger partial charge in [0.15, 0.2) is 23.9 Å². The normalized spacial score (nSPS) is 10.2. The molecule has 0 saturated heterocycles. The molecule has 0 aromatic heterocycles. The van der Waals surface area contributed by atoms with Gasteiger partial charge >= 0.3 is 5.97 Å². The van der Waals surface area contributed by atoms with Crippen LogP contribution in [0.15, 0.2) is 66.7 Å². The molecule has 3 aromatic rings. The van der Waals surface area contributed by atoms with Crippen LogP contribution in [0.1, 0.15) is 26.3 Å². The number of carbonyl (C=O) groups is 3. The minimum atomic E-state index is -0.575. The van der Waals surface area contributed by atoms with Gasteiger partial charge in [0.25, 0.3) is 5.91 Å². The van der Waals surface area contributed by atoms with Gasteiger partial charge in [-0.05, 0) is 54.1 Å². The number of anilines is 1. The highest BCUT2D eigenvalue weighted by Gasteiger charge is 2.16. The first-order chi connectivity index (χ1) is 16.4. The summed E-state index contributed by atoms with van der Waals surface area (Å²) >= 11 is 0. The van der Waals surface area contributed by atoms with Crippen LogP contribution in [0.3, 0.4) is 0 Å². The molecule has 176 valence electrons. The second-order valence-electron chi connectivity index (χ2n) is 7.19. The van der Waals surface area contributed by atoms with Gasteiger partial charge in [-0.1, -0.05) is 18.2 Å². The standard InChI is InChI=1S/C26H25NO7/c1-31-22-13-17(14-23(32-2)25(22)33-3)15-24(29)34-16-21(28)18-9-11-20(12-10-18)27-26(30)19-7-5-4-6-8-19/h4-14H,15-16H2,1-3H3,(H,27,30). The Bertz CT molecular complexity index is 1130. The molecule has 8 nitrogen and oxygen atoms in total. The molecule has 0 unspecified atom stereocenters. The second kappa shape index (κ2) is 11.5. The quantitative estimate of drug-likeness (QED) is 0.359. The molecule has 0 radical (unpaired) electrons. The zero-order valence-electron chi connectivity index (χ0n) is 19.1. The molecule has 0 saturated carbocycles. The molecule has 0 aliphatic heterocycles. The monoisotopic (exact) mass is 463 g/mol. The number of ketones is 1.